The summed E-state index contributed by atoms with van der Waals surface area (Å²) < 4.78 is 41.2. The third-order valence-electron chi connectivity index (χ3n) is 11.5. The van der Waals surface area contributed by atoms with Crippen molar-refractivity contribution >= 4 is 11.8 Å². The van der Waals surface area contributed by atoms with Crippen LogP contribution in [0.5, 0.6) is 11.5 Å². The molecule has 1 heterocycles. The molecule has 0 radical (unpaired) electrons. The van der Waals surface area contributed by atoms with Gasteiger partial charge in [0, 0.05) is 43.2 Å². The molecular formula is C46H57FN2O8. The van der Waals surface area contributed by atoms with E-state index in [2.05, 4.69) is 17.8 Å². The van der Waals surface area contributed by atoms with Gasteiger partial charge in [0.25, 0.3) is 0 Å². The normalized spacial score (nSPS) is 24.1. The number of rotatable bonds is 20. The van der Waals surface area contributed by atoms with Crippen LogP contribution < -0.4 is 9.47 Å². The molecule has 0 aromatic heterocycles. The van der Waals surface area contributed by atoms with Crippen molar-refractivity contribution in [1.29, 1.82) is 0 Å². The molecule has 0 bridgehead atoms. The van der Waals surface area contributed by atoms with E-state index < -0.39 is 23.8 Å². The van der Waals surface area contributed by atoms with Gasteiger partial charge in [-0.2, -0.15) is 0 Å². The molecule has 2 N–H and O–H groups in total. The van der Waals surface area contributed by atoms with E-state index in [9.17, 15) is 19.4 Å². The summed E-state index contributed by atoms with van der Waals surface area (Å²) in [6, 6.07) is 21.2. The topological polar surface area (TPSA) is 119 Å². The number of amides is 1. The van der Waals surface area contributed by atoms with E-state index in [-0.39, 0.29) is 63.0 Å². The maximum absolute atomic E-state index is 14.7. The fraction of sp³-hybridized carbons (Fsp3) is 0.478. The minimum Gasteiger partial charge on any atom is -0.489 e. The SMILES string of the molecule is C=CCO[C@@]12Oc3ccc(OCc4ccccc4F)cc3[C@H]3[C@H](CCCCO)[C@@H](CCCCO)C=C(C(=NOC)C[C@@H]1N(CCC)C(=O)OCc1ccccc1)[C@H]32. The lowest BCUT2D eigenvalue weighted by molar-refractivity contribution is -0.255. The number of oxime groups is 1. The predicted octanol–water partition coefficient (Wildman–Crippen LogP) is 8.72. The molecular weight excluding hydrogens is 728 g/mol. The van der Waals surface area contributed by atoms with Crippen molar-refractivity contribution < 1.29 is 43.2 Å². The Bertz CT molecular complexity index is 1850. The van der Waals surface area contributed by atoms with Gasteiger partial charge in [-0.05, 0) is 79.3 Å². The lowest BCUT2D eigenvalue weighted by Gasteiger charge is -2.59. The lowest BCUT2D eigenvalue weighted by atomic mass is 9.55. The fourth-order valence-corrected chi connectivity index (χ4v) is 9.04. The minimum atomic E-state index is -1.40. The maximum Gasteiger partial charge on any atom is 0.410 e. The highest BCUT2D eigenvalue weighted by Gasteiger charge is 2.65. The average molecular weight is 785 g/mol. The van der Waals surface area contributed by atoms with Crippen molar-refractivity contribution in [3.05, 3.63) is 120 Å². The zero-order chi connectivity index (χ0) is 40.2. The number of ether oxygens (including phenoxy) is 4. The number of aliphatic hydroxyl groups is 2. The monoisotopic (exact) mass is 784 g/mol. The van der Waals surface area contributed by atoms with Gasteiger partial charge in [0.2, 0.25) is 5.79 Å². The second kappa shape index (κ2) is 20.1. The summed E-state index contributed by atoms with van der Waals surface area (Å²) in [5, 5.41) is 24.3. The van der Waals surface area contributed by atoms with Gasteiger partial charge < -0.3 is 34.0 Å². The van der Waals surface area contributed by atoms with Gasteiger partial charge in [-0.25, -0.2) is 9.18 Å². The molecule has 0 spiro atoms. The zero-order valence-corrected chi connectivity index (χ0v) is 33.2. The highest BCUT2D eigenvalue weighted by molar-refractivity contribution is 6.02. The first-order chi connectivity index (χ1) is 27.9. The second-order valence-corrected chi connectivity index (χ2v) is 15.1. The maximum atomic E-state index is 14.7. The first-order valence-electron chi connectivity index (χ1n) is 20.3. The largest absolute Gasteiger partial charge is 0.489 e. The molecule has 3 aliphatic rings. The van der Waals surface area contributed by atoms with Crippen molar-refractivity contribution in [2.24, 2.45) is 22.9 Å². The summed E-state index contributed by atoms with van der Waals surface area (Å²) in [4.78, 5) is 21.6. The van der Waals surface area contributed by atoms with Crippen molar-refractivity contribution in [3.8, 4) is 11.5 Å². The minimum absolute atomic E-state index is 0.0471. The number of aliphatic hydroxyl groups excluding tert-OH is 2. The van der Waals surface area contributed by atoms with Gasteiger partial charge in [-0.1, -0.05) is 85.6 Å². The van der Waals surface area contributed by atoms with Crippen LogP contribution in [0, 0.1) is 23.6 Å². The number of carbonyl (C=O) groups excluding carboxylic acids is 1. The van der Waals surface area contributed by atoms with E-state index in [0.717, 1.165) is 42.4 Å². The van der Waals surface area contributed by atoms with E-state index in [1.165, 1.54) is 13.2 Å². The van der Waals surface area contributed by atoms with Crippen LogP contribution in [0.1, 0.15) is 80.9 Å². The summed E-state index contributed by atoms with van der Waals surface area (Å²) in [7, 11) is 1.53. The Labute approximate surface area is 335 Å². The summed E-state index contributed by atoms with van der Waals surface area (Å²) in [6.07, 6.45) is 9.00. The Hall–Kier alpha value is -4.71. The van der Waals surface area contributed by atoms with Crippen LogP contribution in [0.15, 0.2) is 102 Å². The highest BCUT2D eigenvalue weighted by Crippen LogP contribution is 2.62. The van der Waals surface area contributed by atoms with E-state index >= 15 is 0 Å². The molecule has 1 amide bonds. The van der Waals surface area contributed by atoms with Gasteiger partial charge in [-0.3, -0.25) is 4.90 Å². The zero-order valence-electron chi connectivity index (χ0n) is 33.2. The van der Waals surface area contributed by atoms with Crippen LogP contribution in [-0.2, 0) is 27.5 Å². The average Bonchev–Trinajstić information content (AvgIpc) is 3.23. The lowest BCUT2D eigenvalue weighted by Crippen LogP contribution is -2.70. The van der Waals surface area contributed by atoms with E-state index in [1.807, 2.05) is 55.5 Å². The molecule has 1 saturated carbocycles. The number of unbranched alkanes of at least 4 members (excludes halogenated alkanes) is 2. The number of carbonyl (C=O) groups is 1. The number of hydrogen-bond acceptors (Lipinski definition) is 9. The van der Waals surface area contributed by atoms with Gasteiger partial charge in [0.1, 0.15) is 43.7 Å². The number of allylic oxidation sites excluding steroid dienone is 1. The van der Waals surface area contributed by atoms with Crippen molar-refractivity contribution in [1.82, 2.24) is 4.90 Å². The smallest absolute Gasteiger partial charge is 0.410 e. The summed E-state index contributed by atoms with van der Waals surface area (Å²) in [5.74, 6) is -1.12. The quantitative estimate of drug-likeness (QED) is 0.0664. The first-order valence-corrected chi connectivity index (χ1v) is 20.3. The Balaban J connectivity index is 1.51. The number of benzene rings is 3. The number of hydrogen-bond donors (Lipinski definition) is 2. The molecule has 6 atom stereocenters. The molecule has 0 saturated heterocycles. The number of nitrogens with zero attached hydrogens (tertiary/aromatic N) is 2. The molecule has 3 aromatic rings. The highest BCUT2D eigenvalue weighted by atomic mass is 19.1. The van der Waals surface area contributed by atoms with Gasteiger partial charge in [0.05, 0.1) is 18.2 Å². The molecule has 6 rings (SSSR count). The number of fused-ring (bicyclic) bond motifs is 2. The molecule has 11 heteroatoms. The van der Waals surface area contributed by atoms with Crippen LogP contribution in [0.2, 0.25) is 0 Å². The third kappa shape index (κ3) is 9.37. The Morgan fingerprint density at radius 2 is 1.77 bits per heavy atom. The standard InChI is InChI=1S/C46H57FN2O8/c1-4-23-49(45(52)55-30-32-15-7-6-8-16-32)42-29-40(48-53-3)37-27-33(17-11-13-24-50)36(19-12-14-25-51)43-38-28-35(54-31-34-18-9-10-20-39(34)47)21-22-41(38)57-46(42,44(37)43)56-26-5-2/h5-10,15-16,18,20-22,27-28,33,36,42-44,50-51H,2,4,11-14,17,19,23-26,29-31H2,1,3H3/t33-,36+,42-,43+,44+,46+/m0/s1. The predicted molar refractivity (Wildman–Crippen MR) is 216 cm³/mol. The number of halogens is 1. The molecule has 306 valence electrons. The van der Waals surface area contributed by atoms with E-state index in [1.54, 1.807) is 29.2 Å². The van der Waals surface area contributed by atoms with Crippen LogP contribution in [0.4, 0.5) is 9.18 Å². The summed E-state index contributed by atoms with van der Waals surface area (Å²) in [5.41, 5.74) is 3.88. The van der Waals surface area contributed by atoms with E-state index in [4.69, 9.17) is 23.8 Å². The molecule has 3 aromatic carbocycles. The molecule has 1 fully saturated rings. The van der Waals surface area contributed by atoms with Gasteiger partial charge >= 0.3 is 6.09 Å². The van der Waals surface area contributed by atoms with Crippen LogP contribution in [0.3, 0.4) is 0 Å². The molecule has 1 aliphatic heterocycles. The van der Waals surface area contributed by atoms with Crippen LogP contribution in [0.25, 0.3) is 0 Å². The molecule has 0 unspecified atom stereocenters. The van der Waals surface area contributed by atoms with Gasteiger partial charge in [-0.15, -0.1) is 6.58 Å². The Morgan fingerprint density at radius 1 is 1.02 bits per heavy atom. The van der Waals surface area contributed by atoms with Crippen molar-refractivity contribution in [3.63, 3.8) is 0 Å². The van der Waals surface area contributed by atoms with Crippen LogP contribution >= 0.6 is 0 Å². The molecule has 57 heavy (non-hydrogen) atoms. The van der Waals surface area contributed by atoms with Crippen molar-refractivity contribution in [2.45, 2.75) is 89.3 Å². The molecule has 2 aliphatic carbocycles. The first kappa shape index (κ1) is 41.9. The van der Waals surface area contributed by atoms with E-state index in [0.29, 0.717) is 48.6 Å². The van der Waals surface area contributed by atoms with Crippen molar-refractivity contribution in [2.75, 3.05) is 33.5 Å². The Morgan fingerprint density at radius 3 is 2.49 bits per heavy atom. The third-order valence-corrected chi connectivity index (χ3v) is 11.5. The fourth-order valence-electron chi connectivity index (χ4n) is 9.04. The molecule has 10 nitrogen and oxygen atoms in total. The summed E-state index contributed by atoms with van der Waals surface area (Å²) >= 11 is 0. The van der Waals surface area contributed by atoms with Gasteiger partial charge in [0.15, 0.2) is 0 Å². The second-order valence-electron chi connectivity index (χ2n) is 15.1. The Kier molecular flexibility index (Phi) is 14.8. The summed E-state index contributed by atoms with van der Waals surface area (Å²) in [6.45, 7) is 6.87. The van der Waals surface area contributed by atoms with Crippen LogP contribution in [-0.4, -0.2) is 72.2 Å².